The maximum atomic E-state index is 10.4. The quantitative estimate of drug-likeness (QED) is 0.846. The molecule has 0 amide bonds. The Kier molecular flexibility index (Phi) is 4.51. The van der Waals surface area contributed by atoms with Gasteiger partial charge >= 0.3 is 0 Å². The van der Waals surface area contributed by atoms with Crippen molar-refractivity contribution in [2.24, 2.45) is 0 Å². The van der Waals surface area contributed by atoms with E-state index in [-0.39, 0.29) is 0 Å². The summed E-state index contributed by atoms with van der Waals surface area (Å²) in [5.74, 6) is 1.02. The average molecular weight is 300 g/mol. The molecule has 1 heterocycles. The van der Waals surface area contributed by atoms with Gasteiger partial charge in [0.1, 0.15) is 5.75 Å². The molecular formula is C18H20O2S. The van der Waals surface area contributed by atoms with Gasteiger partial charge in [0.2, 0.25) is 0 Å². The van der Waals surface area contributed by atoms with Crippen LogP contribution in [-0.4, -0.2) is 18.0 Å². The SMILES string of the molecule is CSc1ccccc1C(O)CCc1ccc2c(c1)CCO2. The van der Waals surface area contributed by atoms with E-state index in [0.717, 1.165) is 42.1 Å². The van der Waals surface area contributed by atoms with Crippen molar-refractivity contribution >= 4 is 11.8 Å². The third-order valence-electron chi connectivity index (χ3n) is 3.96. The number of aliphatic hydroxyl groups is 1. The zero-order valence-corrected chi connectivity index (χ0v) is 13.0. The molecule has 1 N–H and O–H groups in total. The second-order valence-corrected chi connectivity index (χ2v) is 6.19. The molecule has 2 aromatic carbocycles. The van der Waals surface area contributed by atoms with E-state index >= 15 is 0 Å². The summed E-state index contributed by atoms with van der Waals surface area (Å²) in [4.78, 5) is 1.16. The third-order valence-corrected chi connectivity index (χ3v) is 4.77. The first kappa shape index (κ1) is 14.5. The molecular weight excluding hydrogens is 280 g/mol. The van der Waals surface area contributed by atoms with Gasteiger partial charge in [-0.2, -0.15) is 0 Å². The van der Waals surface area contributed by atoms with Crippen molar-refractivity contribution in [2.45, 2.75) is 30.3 Å². The van der Waals surface area contributed by atoms with Gasteiger partial charge in [0, 0.05) is 11.3 Å². The standard InChI is InChI=1S/C18H20O2S/c1-21-18-5-3-2-4-15(18)16(19)8-6-13-7-9-17-14(12-13)10-11-20-17/h2-5,7,9,12,16,19H,6,8,10-11H2,1H3. The molecule has 2 nitrogen and oxygen atoms in total. The third kappa shape index (κ3) is 3.25. The fourth-order valence-corrected chi connectivity index (χ4v) is 3.45. The summed E-state index contributed by atoms with van der Waals surface area (Å²) in [6.45, 7) is 0.794. The molecule has 0 saturated heterocycles. The van der Waals surface area contributed by atoms with Crippen LogP contribution in [0.5, 0.6) is 5.75 Å². The lowest BCUT2D eigenvalue weighted by atomic mass is 9.99. The van der Waals surface area contributed by atoms with E-state index in [1.807, 2.05) is 24.5 Å². The van der Waals surface area contributed by atoms with Crippen molar-refractivity contribution in [3.05, 3.63) is 59.2 Å². The van der Waals surface area contributed by atoms with E-state index in [4.69, 9.17) is 4.74 Å². The van der Waals surface area contributed by atoms with Crippen LogP contribution in [-0.2, 0) is 12.8 Å². The van der Waals surface area contributed by atoms with Crippen molar-refractivity contribution in [3.63, 3.8) is 0 Å². The zero-order valence-electron chi connectivity index (χ0n) is 12.2. The van der Waals surface area contributed by atoms with Crippen LogP contribution in [0, 0.1) is 0 Å². The van der Waals surface area contributed by atoms with E-state index in [9.17, 15) is 5.11 Å². The minimum atomic E-state index is -0.404. The number of aliphatic hydroxyl groups excluding tert-OH is 1. The molecule has 3 rings (SSSR count). The topological polar surface area (TPSA) is 29.5 Å². The Labute approximate surface area is 130 Å². The molecule has 110 valence electrons. The van der Waals surface area contributed by atoms with E-state index < -0.39 is 6.10 Å². The van der Waals surface area contributed by atoms with Crippen LogP contribution < -0.4 is 4.74 Å². The molecule has 0 aliphatic carbocycles. The summed E-state index contributed by atoms with van der Waals surface area (Å²) in [7, 11) is 0. The summed E-state index contributed by atoms with van der Waals surface area (Å²) in [6.07, 6.45) is 4.28. The van der Waals surface area contributed by atoms with Gasteiger partial charge in [0.05, 0.1) is 12.7 Å². The van der Waals surface area contributed by atoms with Crippen LogP contribution in [0.1, 0.15) is 29.2 Å². The van der Waals surface area contributed by atoms with E-state index in [1.54, 1.807) is 11.8 Å². The number of ether oxygens (including phenoxy) is 1. The predicted octanol–water partition coefficient (Wildman–Crippen LogP) is 4.01. The van der Waals surface area contributed by atoms with E-state index in [0.29, 0.717) is 0 Å². The molecule has 0 radical (unpaired) electrons. The Morgan fingerprint density at radius 3 is 2.95 bits per heavy atom. The van der Waals surface area contributed by atoms with Gasteiger partial charge in [0.25, 0.3) is 0 Å². The maximum Gasteiger partial charge on any atom is 0.122 e. The summed E-state index contributed by atoms with van der Waals surface area (Å²) >= 11 is 1.69. The van der Waals surface area contributed by atoms with Crippen LogP contribution >= 0.6 is 11.8 Å². The van der Waals surface area contributed by atoms with Gasteiger partial charge < -0.3 is 9.84 Å². The van der Waals surface area contributed by atoms with Crippen LogP contribution in [0.4, 0.5) is 0 Å². The molecule has 1 aliphatic rings. The van der Waals surface area contributed by atoms with Gasteiger partial charge in [-0.3, -0.25) is 0 Å². The summed E-state index contributed by atoms with van der Waals surface area (Å²) < 4.78 is 5.53. The van der Waals surface area contributed by atoms with Gasteiger partial charge in [0.15, 0.2) is 0 Å². The Bertz CT molecular complexity index is 624. The van der Waals surface area contributed by atoms with Crippen LogP contribution in [0.15, 0.2) is 47.4 Å². The first-order chi connectivity index (χ1) is 10.3. The Balaban J connectivity index is 1.67. The zero-order chi connectivity index (χ0) is 14.7. The molecule has 1 aliphatic heterocycles. The number of rotatable bonds is 5. The molecule has 0 bridgehead atoms. The Morgan fingerprint density at radius 2 is 2.10 bits per heavy atom. The number of hydrogen-bond donors (Lipinski definition) is 1. The van der Waals surface area contributed by atoms with Crippen molar-refractivity contribution in [3.8, 4) is 5.75 Å². The Morgan fingerprint density at radius 1 is 1.24 bits per heavy atom. The highest BCUT2D eigenvalue weighted by molar-refractivity contribution is 7.98. The molecule has 1 atom stereocenters. The van der Waals surface area contributed by atoms with Crippen LogP contribution in [0.3, 0.4) is 0 Å². The van der Waals surface area contributed by atoms with E-state index in [1.165, 1.54) is 11.1 Å². The summed E-state index contributed by atoms with van der Waals surface area (Å²) in [5.41, 5.74) is 3.61. The van der Waals surface area contributed by atoms with Crippen molar-refractivity contribution < 1.29 is 9.84 Å². The second-order valence-electron chi connectivity index (χ2n) is 5.34. The largest absolute Gasteiger partial charge is 0.493 e. The van der Waals surface area contributed by atoms with Gasteiger partial charge in [-0.1, -0.05) is 30.3 Å². The monoisotopic (exact) mass is 300 g/mol. The highest BCUT2D eigenvalue weighted by atomic mass is 32.2. The normalized spacial score (nSPS) is 14.6. The number of aryl methyl sites for hydroxylation is 1. The minimum absolute atomic E-state index is 0.404. The molecule has 0 fully saturated rings. The average Bonchev–Trinajstić information content (AvgIpc) is 3.00. The van der Waals surface area contributed by atoms with Crippen molar-refractivity contribution in [2.75, 3.05) is 12.9 Å². The van der Waals surface area contributed by atoms with Crippen LogP contribution in [0.2, 0.25) is 0 Å². The van der Waals surface area contributed by atoms with Crippen LogP contribution in [0.25, 0.3) is 0 Å². The molecule has 0 saturated carbocycles. The summed E-state index contributed by atoms with van der Waals surface area (Å²) in [6, 6.07) is 14.5. The lowest BCUT2D eigenvalue weighted by Crippen LogP contribution is -2.01. The first-order valence-electron chi connectivity index (χ1n) is 7.33. The van der Waals surface area contributed by atoms with Crippen molar-refractivity contribution in [1.29, 1.82) is 0 Å². The number of thioether (sulfide) groups is 1. The maximum absolute atomic E-state index is 10.4. The van der Waals surface area contributed by atoms with Gasteiger partial charge in [-0.15, -0.1) is 11.8 Å². The first-order valence-corrected chi connectivity index (χ1v) is 8.56. The lowest BCUT2D eigenvalue weighted by molar-refractivity contribution is 0.165. The summed E-state index contributed by atoms with van der Waals surface area (Å²) in [5, 5.41) is 10.4. The minimum Gasteiger partial charge on any atom is -0.493 e. The Hall–Kier alpha value is -1.45. The molecule has 0 spiro atoms. The molecule has 2 aromatic rings. The molecule has 1 unspecified atom stereocenters. The smallest absolute Gasteiger partial charge is 0.122 e. The van der Waals surface area contributed by atoms with Gasteiger partial charge in [-0.05, 0) is 47.9 Å². The molecule has 21 heavy (non-hydrogen) atoms. The highest BCUT2D eigenvalue weighted by Gasteiger charge is 2.14. The molecule has 0 aromatic heterocycles. The molecule has 3 heteroatoms. The number of benzene rings is 2. The van der Waals surface area contributed by atoms with Gasteiger partial charge in [-0.25, -0.2) is 0 Å². The second kappa shape index (κ2) is 6.54. The fraction of sp³-hybridized carbons (Fsp3) is 0.333. The fourth-order valence-electron chi connectivity index (χ4n) is 2.80. The number of fused-ring (bicyclic) bond motifs is 1. The highest BCUT2D eigenvalue weighted by Crippen LogP contribution is 2.30. The predicted molar refractivity (Wildman–Crippen MR) is 87.1 cm³/mol. The van der Waals surface area contributed by atoms with E-state index in [2.05, 4.69) is 24.3 Å². The number of hydrogen-bond acceptors (Lipinski definition) is 3. The van der Waals surface area contributed by atoms with Crippen molar-refractivity contribution in [1.82, 2.24) is 0 Å². The lowest BCUT2D eigenvalue weighted by Gasteiger charge is -2.14.